The smallest absolute Gasteiger partial charge is 0.0691 e. The third kappa shape index (κ3) is 3.31. The van der Waals surface area contributed by atoms with Gasteiger partial charge in [-0.05, 0) is 19.8 Å². The molecule has 14 heavy (non-hydrogen) atoms. The van der Waals surface area contributed by atoms with Crippen LogP contribution in [0.5, 0.6) is 0 Å². The number of hydrogen-bond donors (Lipinski definition) is 2. The van der Waals surface area contributed by atoms with Gasteiger partial charge in [-0.1, -0.05) is 0 Å². The van der Waals surface area contributed by atoms with E-state index in [1.807, 2.05) is 6.92 Å². The molecule has 4 unspecified atom stereocenters. The molecule has 4 nitrogen and oxygen atoms in total. The van der Waals surface area contributed by atoms with Gasteiger partial charge in [-0.25, -0.2) is 0 Å². The molecule has 1 rings (SSSR count). The van der Waals surface area contributed by atoms with E-state index in [2.05, 4.69) is 0 Å². The van der Waals surface area contributed by atoms with Crippen molar-refractivity contribution in [1.82, 2.24) is 0 Å². The van der Waals surface area contributed by atoms with Crippen molar-refractivity contribution in [1.29, 1.82) is 0 Å². The Hall–Kier alpha value is 0.0300. The maximum Gasteiger partial charge on any atom is 0.0691 e. The summed E-state index contributed by atoms with van der Waals surface area (Å²) >= 11 is 0. The Labute approximate surface area is 87.3 Å². The second-order valence-corrected chi connectivity index (χ2v) is 5.42. The number of aliphatic hydroxyl groups is 1. The molecule has 1 saturated heterocycles. The van der Waals surface area contributed by atoms with E-state index in [9.17, 15) is 4.21 Å². The van der Waals surface area contributed by atoms with E-state index in [4.69, 9.17) is 15.6 Å². The maximum atomic E-state index is 11.8. The van der Waals surface area contributed by atoms with Crippen LogP contribution in [0.3, 0.4) is 0 Å². The second kappa shape index (κ2) is 5.80. The molecule has 1 fully saturated rings. The van der Waals surface area contributed by atoms with Crippen LogP contribution >= 0.6 is 0 Å². The molecule has 4 atom stereocenters. The summed E-state index contributed by atoms with van der Waals surface area (Å²) in [5, 5.41) is 8.79. The van der Waals surface area contributed by atoms with Crippen LogP contribution in [0.15, 0.2) is 0 Å². The van der Waals surface area contributed by atoms with E-state index < -0.39 is 10.8 Å². The summed E-state index contributed by atoms with van der Waals surface area (Å²) in [7, 11) is -0.918. The van der Waals surface area contributed by atoms with Crippen LogP contribution in [0, 0.1) is 0 Å². The van der Waals surface area contributed by atoms with Crippen LogP contribution < -0.4 is 5.73 Å². The lowest BCUT2D eigenvalue weighted by molar-refractivity contribution is 0.127. The molecule has 0 aliphatic carbocycles. The number of aliphatic hydroxyl groups excluding tert-OH is 1. The highest BCUT2D eigenvalue weighted by molar-refractivity contribution is 7.85. The fraction of sp³-hybridized carbons (Fsp3) is 1.00. The lowest BCUT2D eigenvalue weighted by Gasteiger charge is -2.16. The monoisotopic (exact) mass is 221 g/mol. The van der Waals surface area contributed by atoms with Crippen LogP contribution in [0.1, 0.15) is 19.8 Å². The van der Waals surface area contributed by atoms with E-state index in [-0.39, 0.29) is 24.0 Å². The summed E-state index contributed by atoms with van der Waals surface area (Å²) in [6, 6.07) is -0.159. The van der Waals surface area contributed by atoms with Gasteiger partial charge in [0.2, 0.25) is 0 Å². The average Bonchev–Trinajstić information content (AvgIpc) is 2.51. The molecule has 0 spiro atoms. The molecule has 0 amide bonds. The zero-order valence-electron chi connectivity index (χ0n) is 8.52. The minimum absolute atomic E-state index is 0.0646. The first kappa shape index (κ1) is 12.1. The first-order valence-corrected chi connectivity index (χ1v) is 6.38. The predicted octanol–water partition coefficient (Wildman–Crippen LogP) is -0.378. The van der Waals surface area contributed by atoms with Crippen molar-refractivity contribution in [2.45, 2.75) is 37.2 Å². The van der Waals surface area contributed by atoms with Crippen LogP contribution in [0.2, 0.25) is 0 Å². The average molecular weight is 221 g/mol. The van der Waals surface area contributed by atoms with Gasteiger partial charge in [0.05, 0.1) is 11.4 Å². The van der Waals surface area contributed by atoms with Gasteiger partial charge < -0.3 is 15.6 Å². The van der Waals surface area contributed by atoms with Gasteiger partial charge in [0.25, 0.3) is 0 Å². The number of hydrogen-bond acceptors (Lipinski definition) is 4. The molecule has 1 heterocycles. The topological polar surface area (TPSA) is 72.5 Å². The van der Waals surface area contributed by atoms with Crippen LogP contribution in [-0.4, -0.2) is 45.7 Å². The fourth-order valence-corrected chi connectivity index (χ4v) is 3.34. The van der Waals surface area contributed by atoms with Gasteiger partial charge in [0, 0.05) is 35.8 Å². The molecule has 0 aromatic carbocycles. The van der Waals surface area contributed by atoms with Gasteiger partial charge in [0.1, 0.15) is 0 Å². The summed E-state index contributed by atoms with van der Waals surface area (Å²) in [5.41, 5.74) is 5.70. The van der Waals surface area contributed by atoms with Crippen molar-refractivity contribution >= 4 is 10.8 Å². The highest BCUT2D eigenvalue weighted by atomic mass is 32.2. The summed E-state index contributed by atoms with van der Waals surface area (Å²) in [6.07, 6.45) is 1.46. The molecule has 1 aliphatic heterocycles. The first-order chi connectivity index (χ1) is 6.65. The third-order valence-corrected chi connectivity index (χ3v) is 4.57. The summed E-state index contributed by atoms with van der Waals surface area (Å²) < 4.78 is 17.2. The van der Waals surface area contributed by atoms with Crippen LogP contribution in [0.4, 0.5) is 0 Å². The van der Waals surface area contributed by atoms with Gasteiger partial charge in [-0.3, -0.25) is 4.21 Å². The SMILES string of the molecule is CC1OCCC1S(=O)CC(N)CCO. The predicted molar refractivity (Wildman–Crippen MR) is 56.5 cm³/mol. The van der Waals surface area contributed by atoms with Gasteiger partial charge >= 0.3 is 0 Å². The Balaban J connectivity index is 2.33. The van der Waals surface area contributed by atoms with Crippen molar-refractivity contribution in [2.24, 2.45) is 5.73 Å². The maximum absolute atomic E-state index is 11.8. The van der Waals surface area contributed by atoms with Crippen LogP contribution in [0.25, 0.3) is 0 Å². The Kier molecular flexibility index (Phi) is 5.01. The highest BCUT2D eigenvalue weighted by Crippen LogP contribution is 2.19. The zero-order valence-corrected chi connectivity index (χ0v) is 9.33. The summed E-state index contributed by atoms with van der Waals surface area (Å²) in [4.78, 5) is 0. The molecule has 84 valence electrons. The number of ether oxygens (including phenoxy) is 1. The molecule has 5 heteroatoms. The summed E-state index contributed by atoms with van der Waals surface area (Å²) in [5.74, 6) is 0.471. The molecule has 0 bridgehead atoms. The van der Waals surface area contributed by atoms with Crippen molar-refractivity contribution < 1.29 is 14.1 Å². The van der Waals surface area contributed by atoms with Crippen molar-refractivity contribution in [3.05, 3.63) is 0 Å². The zero-order chi connectivity index (χ0) is 10.6. The minimum Gasteiger partial charge on any atom is -0.396 e. The standard InChI is InChI=1S/C9H19NO3S/c1-7-9(3-5-13-7)14(12)6-8(10)2-4-11/h7-9,11H,2-6,10H2,1H3. The largest absolute Gasteiger partial charge is 0.396 e. The highest BCUT2D eigenvalue weighted by Gasteiger charge is 2.30. The van der Waals surface area contributed by atoms with E-state index in [0.29, 0.717) is 18.8 Å². The molecule has 0 saturated carbocycles. The van der Waals surface area contributed by atoms with Crippen molar-refractivity contribution in [3.8, 4) is 0 Å². The molecular weight excluding hydrogens is 202 g/mol. The van der Waals surface area contributed by atoms with Gasteiger partial charge in [-0.15, -0.1) is 0 Å². The second-order valence-electron chi connectivity index (χ2n) is 3.72. The molecule has 0 aromatic rings. The van der Waals surface area contributed by atoms with Gasteiger partial charge in [-0.2, -0.15) is 0 Å². The quantitative estimate of drug-likeness (QED) is 0.664. The van der Waals surface area contributed by atoms with E-state index >= 15 is 0 Å². The van der Waals surface area contributed by atoms with E-state index in [0.717, 1.165) is 6.42 Å². The molecule has 3 N–H and O–H groups in total. The Morgan fingerprint density at radius 1 is 1.71 bits per heavy atom. The van der Waals surface area contributed by atoms with Crippen molar-refractivity contribution in [2.75, 3.05) is 19.0 Å². The first-order valence-electron chi connectivity index (χ1n) is 5.00. The minimum atomic E-state index is -0.918. The number of nitrogens with two attached hydrogens (primary N) is 1. The van der Waals surface area contributed by atoms with Gasteiger partial charge in [0.15, 0.2) is 0 Å². The lowest BCUT2D eigenvalue weighted by Crippen LogP contribution is -2.34. The van der Waals surface area contributed by atoms with E-state index in [1.165, 1.54) is 0 Å². The molecule has 0 radical (unpaired) electrons. The van der Waals surface area contributed by atoms with E-state index in [1.54, 1.807) is 0 Å². The normalized spacial score (nSPS) is 31.6. The Morgan fingerprint density at radius 3 is 2.93 bits per heavy atom. The Morgan fingerprint density at radius 2 is 2.43 bits per heavy atom. The van der Waals surface area contributed by atoms with Crippen LogP contribution in [-0.2, 0) is 15.5 Å². The molecule has 1 aliphatic rings. The number of rotatable bonds is 5. The summed E-state index contributed by atoms with van der Waals surface area (Å²) in [6.45, 7) is 2.72. The lowest BCUT2D eigenvalue weighted by atomic mass is 10.2. The fourth-order valence-electron chi connectivity index (χ4n) is 1.64. The molecular formula is C9H19NO3S. The Bertz CT molecular complexity index is 200. The van der Waals surface area contributed by atoms with Crippen molar-refractivity contribution in [3.63, 3.8) is 0 Å². The third-order valence-electron chi connectivity index (χ3n) is 2.52. The molecule has 0 aromatic heterocycles.